The van der Waals surface area contributed by atoms with Gasteiger partial charge in [-0.25, -0.2) is 4.68 Å². The number of carbonyl (C=O) groups is 1. The van der Waals surface area contributed by atoms with Gasteiger partial charge in [0, 0.05) is 18.0 Å². The summed E-state index contributed by atoms with van der Waals surface area (Å²) in [7, 11) is 0. The van der Waals surface area contributed by atoms with Crippen LogP contribution in [0.5, 0.6) is 0 Å². The van der Waals surface area contributed by atoms with Crippen LogP contribution in [0.15, 0.2) is 46.7 Å². The van der Waals surface area contributed by atoms with E-state index in [1.807, 2.05) is 40.1 Å². The van der Waals surface area contributed by atoms with E-state index in [0.29, 0.717) is 12.1 Å². The zero-order valence-electron chi connectivity index (χ0n) is 14.9. The van der Waals surface area contributed by atoms with Crippen molar-refractivity contribution >= 4 is 33.0 Å². The van der Waals surface area contributed by atoms with Gasteiger partial charge in [-0.1, -0.05) is 13.0 Å². The minimum atomic E-state index is -0.268. The van der Waals surface area contributed by atoms with E-state index in [9.17, 15) is 9.59 Å². The molecular weight excluding hydrogens is 362 g/mol. The van der Waals surface area contributed by atoms with Crippen molar-refractivity contribution in [3.05, 3.63) is 63.8 Å². The van der Waals surface area contributed by atoms with Gasteiger partial charge in [0.25, 0.3) is 5.56 Å². The maximum absolute atomic E-state index is 12.9. The van der Waals surface area contributed by atoms with Crippen molar-refractivity contribution in [1.82, 2.24) is 24.5 Å². The summed E-state index contributed by atoms with van der Waals surface area (Å²) in [4.78, 5) is 30.4. The first-order valence-electron chi connectivity index (χ1n) is 8.82. The molecule has 0 aromatic carbocycles. The molecule has 0 aliphatic carbocycles. The van der Waals surface area contributed by atoms with Crippen LogP contribution < -0.4 is 10.9 Å². The lowest BCUT2D eigenvalue weighted by Gasteiger charge is -2.10. The van der Waals surface area contributed by atoms with Gasteiger partial charge in [-0.15, -0.1) is 11.3 Å². The number of amides is 1. The van der Waals surface area contributed by atoms with Gasteiger partial charge < -0.3 is 5.32 Å². The lowest BCUT2D eigenvalue weighted by Crippen LogP contribution is -2.35. The number of thiophene rings is 1. The van der Waals surface area contributed by atoms with Crippen molar-refractivity contribution in [3.63, 3.8) is 0 Å². The third-order valence-electron chi connectivity index (χ3n) is 4.32. The summed E-state index contributed by atoms with van der Waals surface area (Å²) < 4.78 is 3.19. The van der Waals surface area contributed by atoms with E-state index in [2.05, 4.69) is 22.3 Å². The fourth-order valence-electron chi connectivity index (χ4n) is 3.08. The Morgan fingerprint density at radius 2 is 2.19 bits per heavy atom. The van der Waals surface area contributed by atoms with Crippen LogP contribution >= 0.6 is 11.3 Å². The van der Waals surface area contributed by atoms with Crippen LogP contribution in [0.1, 0.15) is 24.9 Å². The molecule has 1 amide bonds. The topological polar surface area (TPSA) is 81.3 Å². The first kappa shape index (κ1) is 17.4. The van der Waals surface area contributed by atoms with Gasteiger partial charge >= 0.3 is 0 Å². The van der Waals surface area contributed by atoms with Crippen LogP contribution in [0.4, 0.5) is 0 Å². The Morgan fingerprint density at radius 3 is 2.96 bits per heavy atom. The predicted molar refractivity (Wildman–Crippen MR) is 105 cm³/mol. The second-order valence-electron chi connectivity index (χ2n) is 6.27. The van der Waals surface area contributed by atoms with E-state index in [1.54, 1.807) is 17.5 Å². The fraction of sp³-hybridized carbons (Fsp3) is 0.263. The van der Waals surface area contributed by atoms with Gasteiger partial charge in [0.15, 0.2) is 0 Å². The maximum Gasteiger partial charge on any atom is 0.291 e. The average Bonchev–Trinajstić information content (AvgIpc) is 3.26. The van der Waals surface area contributed by atoms with Crippen molar-refractivity contribution < 1.29 is 4.79 Å². The number of rotatable bonds is 6. The van der Waals surface area contributed by atoms with Crippen LogP contribution in [-0.4, -0.2) is 25.1 Å². The molecule has 7 nitrogen and oxygen atoms in total. The highest BCUT2D eigenvalue weighted by Gasteiger charge is 2.16. The first-order valence-corrected chi connectivity index (χ1v) is 9.70. The molecule has 0 fully saturated rings. The normalized spacial score (nSPS) is 11.3. The number of nitrogens with zero attached hydrogens (tertiary/aromatic N) is 4. The zero-order valence-corrected chi connectivity index (χ0v) is 15.7. The van der Waals surface area contributed by atoms with Crippen LogP contribution in [0.25, 0.3) is 15.7 Å². The van der Waals surface area contributed by atoms with Crippen molar-refractivity contribution in [2.75, 3.05) is 0 Å². The molecule has 0 atom stereocenters. The lowest BCUT2D eigenvalue weighted by molar-refractivity contribution is -0.122. The summed E-state index contributed by atoms with van der Waals surface area (Å²) in [5, 5.41) is 10.3. The molecule has 0 aliphatic rings. The number of nitrogens with one attached hydrogen (secondary N) is 1. The largest absolute Gasteiger partial charge is 0.349 e. The van der Waals surface area contributed by atoms with Crippen molar-refractivity contribution in [1.29, 1.82) is 0 Å². The Hall–Kier alpha value is -3.00. The van der Waals surface area contributed by atoms with E-state index < -0.39 is 0 Å². The number of hydrogen-bond donors (Lipinski definition) is 1. The van der Waals surface area contributed by atoms with Crippen LogP contribution in [0.3, 0.4) is 0 Å². The summed E-state index contributed by atoms with van der Waals surface area (Å²) in [6.45, 7) is 2.27. The van der Waals surface area contributed by atoms with Gasteiger partial charge in [0.2, 0.25) is 5.91 Å². The number of fused-ring (bicyclic) bond motifs is 3. The van der Waals surface area contributed by atoms with Gasteiger partial charge in [-0.05, 0) is 36.1 Å². The highest BCUT2D eigenvalue weighted by atomic mass is 32.1. The molecule has 4 aromatic heterocycles. The smallest absolute Gasteiger partial charge is 0.291 e. The monoisotopic (exact) mass is 381 g/mol. The van der Waals surface area contributed by atoms with E-state index in [1.165, 1.54) is 4.68 Å². The van der Waals surface area contributed by atoms with Crippen molar-refractivity contribution in [2.24, 2.45) is 0 Å². The molecule has 4 aromatic rings. The molecule has 8 heteroatoms. The number of carbonyl (C=O) groups excluding carboxylic acids is 1. The number of aryl methyl sites for hydroxylation is 1. The third kappa shape index (κ3) is 3.35. The Kier molecular flexibility index (Phi) is 4.72. The van der Waals surface area contributed by atoms with Gasteiger partial charge in [-0.3, -0.25) is 19.0 Å². The predicted octanol–water partition coefficient (Wildman–Crippen LogP) is 2.37. The minimum absolute atomic E-state index is 0.113. The average molecular weight is 381 g/mol. The molecule has 4 rings (SSSR count). The number of hydrogen-bond acceptors (Lipinski definition) is 5. The molecule has 27 heavy (non-hydrogen) atoms. The van der Waals surface area contributed by atoms with E-state index in [0.717, 1.165) is 34.6 Å². The number of aromatic nitrogens is 4. The van der Waals surface area contributed by atoms with Crippen molar-refractivity contribution in [3.8, 4) is 0 Å². The zero-order chi connectivity index (χ0) is 18.8. The summed E-state index contributed by atoms with van der Waals surface area (Å²) in [5.74, 6) is 0.525. The highest BCUT2D eigenvalue weighted by Crippen LogP contribution is 2.24. The van der Waals surface area contributed by atoms with Gasteiger partial charge in [-0.2, -0.15) is 5.10 Å². The maximum atomic E-state index is 12.9. The molecule has 0 spiro atoms. The van der Waals surface area contributed by atoms with E-state index >= 15 is 0 Å². The SMILES string of the molecule is CCCc1nn(CC(=O)NCc2ccccn2)c(=O)c2cc3ccsc3n12. The van der Waals surface area contributed by atoms with Crippen LogP contribution in [0.2, 0.25) is 0 Å². The lowest BCUT2D eigenvalue weighted by atomic mass is 10.3. The standard InChI is InChI=1S/C19H19N5O2S/c1-2-5-16-22-23(12-17(25)21-11-14-6-3-4-8-20-14)18(26)15-10-13-7-9-27-19(13)24(15)16/h3-4,6-10H,2,5,11-12H2,1H3,(H,21,25). The molecular formula is C19H19N5O2S. The van der Waals surface area contributed by atoms with Crippen LogP contribution in [0, 0.1) is 0 Å². The first-order chi connectivity index (χ1) is 13.2. The second kappa shape index (κ2) is 7.32. The van der Waals surface area contributed by atoms with E-state index in [4.69, 9.17) is 0 Å². The molecule has 1 N–H and O–H groups in total. The molecule has 0 bridgehead atoms. The molecule has 0 saturated carbocycles. The van der Waals surface area contributed by atoms with Gasteiger partial charge in [0.1, 0.15) is 22.7 Å². The molecule has 0 unspecified atom stereocenters. The fourth-order valence-corrected chi connectivity index (χ4v) is 3.99. The molecule has 138 valence electrons. The highest BCUT2D eigenvalue weighted by molar-refractivity contribution is 7.16. The number of pyridine rings is 1. The molecule has 0 aliphatic heterocycles. The quantitative estimate of drug-likeness (QED) is 0.556. The minimum Gasteiger partial charge on any atom is -0.349 e. The van der Waals surface area contributed by atoms with Crippen LogP contribution in [-0.2, 0) is 24.3 Å². The Balaban J connectivity index is 1.64. The third-order valence-corrected chi connectivity index (χ3v) is 5.23. The Morgan fingerprint density at radius 1 is 1.30 bits per heavy atom. The van der Waals surface area contributed by atoms with Crippen molar-refractivity contribution in [2.45, 2.75) is 32.9 Å². The Bertz CT molecular complexity index is 1160. The van der Waals surface area contributed by atoms with E-state index in [-0.39, 0.29) is 18.0 Å². The summed E-state index contributed by atoms with van der Waals surface area (Å²) in [6.07, 6.45) is 3.31. The summed E-state index contributed by atoms with van der Waals surface area (Å²) in [5.41, 5.74) is 1.07. The Labute approximate surface area is 159 Å². The molecule has 0 saturated heterocycles. The second-order valence-corrected chi connectivity index (χ2v) is 7.17. The molecule has 4 heterocycles. The summed E-state index contributed by atoms with van der Waals surface area (Å²) in [6, 6.07) is 9.39. The summed E-state index contributed by atoms with van der Waals surface area (Å²) >= 11 is 1.59. The molecule has 0 radical (unpaired) electrons. The van der Waals surface area contributed by atoms with Gasteiger partial charge in [0.05, 0.1) is 12.2 Å².